The second-order valence-corrected chi connectivity index (χ2v) is 8.67. The maximum Gasteiger partial charge on any atom is 0.242 e. The molecule has 0 spiro atoms. The molecular weight excluding hydrogens is 322 g/mol. The van der Waals surface area contributed by atoms with Gasteiger partial charge in [-0.1, -0.05) is 31.4 Å². The average molecular weight is 350 g/mol. The molecule has 3 unspecified atom stereocenters. The second-order valence-electron chi connectivity index (χ2n) is 6.95. The highest BCUT2D eigenvalue weighted by molar-refractivity contribution is 7.84. The van der Waals surface area contributed by atoms with Crippen molar-refractivity contribution in [3.05, 3.63) is 29.8 Å². The van der Waals surface area contributed by atoms with Crippen molar-refractivity contribution < 1.29 is 9.00 Å². The highest BCUT2D eigenvalue weighted by Gasteiger charge is 2.26. The molecule has 1 saturated carbocycles. The number of amides is 1. The van der Waals surface area contributed by atoms with Crippen LogP contribution in [0.25, 0.3) is 0 Å². The number of nitrogens with one attached hydrogen (secondary N) is 3. The van der Waals surface area contributed by atoms with Gasteiger partial charge < -0.3 is 5.32 Å². The first kappa shape index (κ1) is 17.6. The summed E-state index contributed by atoms with van der Waals surface area (Å²) in [6.07, 6.45) is 6.62. The fourth-order valence-electron chi connectivity index (χ4n) is 3.47. The van der Waals surface area contributed by atoms with Gasteiger partial charge in [-0.3, -0.25) is 14.4 Å². The van der Waals surface area contributed by atoms with E-state index in [2.05, 4.69) is 16.2 Å². The zero-order valence-corrected chi connectivity index (χ0v) is 15.0. The van der Waals surface area contributed by atoms with Crippen LogP contribution in [0.1, 0.15) is 51.0 Å². The summed E-state index contributed by atoms with van der Waals surface area (Å²) in [5, 5.41) is 3.30. The number of benzene rings is 1. The Morgan fingerprint density at radius 2 is 2.04 bits per heavy atom. The third-order valence-electron chi connectivity index (χ3n) is 4.84. The largest absolute Gasteiger partial charge is 0.325 e. The first-order valence-corrected chi connectivity index (χ1v) is 10.3. The Morgan fingerprint density at radius 3 is 2.75 bits per heavy atom. The van der Waals surface area contributed by atoms with Crippen LogP contribution >= 0.6 is 0 Å². The smallest absolute Gasteiger partial charge is 0.242 e. The van der Waals surface area contributed by atoms with E-state index in [1.165, 1.54) is 19.3 Å². The van der Waals surface area contributed by atoms with Crippen LogP contribution in [0.15, 0.2) is 24.3 Å². The molecule has 1 heterocycles. The van der Waals surface area contributed by atoms with E-state index in [0.29, 0.717) is 17.0 Å². The molecule has 2 aliphatic rings. The first-order chi connectivity index (χ1) is 11.6. The summed E-state index contributed by atoms with van der Waals surface area (Å²) in [4.78, 5) is 12.3. The summed E-state index contributed by atoms with van der Waals surface area (Å²) >= 11 is 0. The van der Waals surface area contributed by atoms with Crippen LogP contribution in [-0.2, 0) is 21.3 Å². The molecule has 1 aliphatic heterocycles. The molecule has 1 aromatic rings. The fraction of sp³-hybridized carbons (Fsp3) is 0.611. The van der Waals surface area contributed by atoms with Gasteiger partial charge in [0, 0.05) is 33.5 Å². The van der Waals surface area contributed by atoms with Gasteiger partial charge in [0.1, 0.15) is 6.04 Å². The third-order valence-corrected chi connectivity index (χ3v) is 6.67. The predicted octanol–water partition coefficient (Wildman–Crippen LogP) is 2.46. The number of carbonyl (C=O) groups excluding carboxylic acids is 1. The lowest BCUT2D eigenvalue weighted by Gasteiger charge is -2.21. The number of rotatable bonds is 5. The summed E-state index contributed by atoms with van der Waals surface area (Å²) < 4.78 is 12.6. The van der Waals surface area contributed by atoms with Gasteiger partial charge in [-0.2, -0.15) is 0 Å². The molecule has 0 aromatic heterocycles. The van der Waals surface area contributed by atoms with E-state index in [9.17, 15) is 9.00 Å². The monoisotopic (exact) mass is 349 g/mol. The van der Waals surface area contributed by atoms with E-state index in [0.717, 1.165) is 30.5 Å². The standard InChI is InChI=1S/C18H27N3O2S/c1-13-10-17(21-20-13)18(22)19-15-7-5-6-14(11-15)12-24(23)16-8-3-2-4-9-16/h5-7,11,13,16-17,20-21H,2-4,8-10,12H2,1H3,(H,19,22). The Morgan fingerprint density at radius 1 is 1.25 bits per heavy atom. The van der Waals surface area contributed by atoms with Crippen LogP contribution in [-0.4, -0.2) is 27.4 Å². The van der Waals surface area contributed by atoms with Gasteiger partial charge in [-0.05, 0) is 43.9 Å². The van der Waals surface area contributed by atoms with Crippen LogP contribution in [0.5, 0.6) is 0 Å². The van der Waals surface area contributed by atoms with Gasteiger partial charge in [0.2, 0.25) is 5.91 Å². The molecule has 1 saturated heterocycles. The maximum atomic E-state index is 12.6. The van der Waals surface area contributed by atoms with E-state index >= 15 is 0 Å². The minimum absolute atomic E-state index is 0.0302. The molecule has 3 rings (SSSR count). The van der Waals surface area contributed by atoms with E-state index in [4.69, 9.17) is 0 Å². The van der Waals surface area contributed by atoms with Crippen molar-refractivity contribution in [3.63, 3.8) is 0 Å². The third kappa shape index (κ3) is 4.65. The van der Waals surface area contributed by atoms with Crippen LogP contribution in [0.4, 0.5) is 5.69 Å². The van der Waals surface area contributed by atoms with Crippen molar-refractivity contribution in [3.8, 4) is 0 Å². The molecule has 132 valence electrons. The Labute approximate surface area is 146 Å². The molecule has 5 nitrogen and oxygen atoms in total. The van der Waals surface area contributed by atoms with Gasteiger partial charge in [-0.25, -0.2) is 5.43 Å². The van der Waals surface area contributed by atoms with E-state index < -0.39 is 10.8 Å². The van der Waals surface area contributed by atoms with Gasteiger partial charge >= 0.3 is 0 Å². The molecule has 1 amide bonds. The average Bonchev–Trinajstić information content (AvgIpc) is 3.02. The topological polar surface area (TPSA) is 70.2 Å². The summed E-state index contributed by atoms with van der Waals surface area (Å²) in [5.74, 6) is 0.548. The predicted molar refractivity (Wildman–Crippen MR) is 97.9 cm³/mol. The molecule has 0 radical (unpaired) electrons. The zero-order chi connectivity index (χ0) is 16.9. The lowest BCUT2D eigenvalue weighted by atomic mass is 10.0. The first-order valence-electron chi connectivity index (χ1n) is 8.90. The number of anilines is 1. The molecular formula is C18H27N3O2S. The summed E-state index contributed by atoms with van der Waals surface area (Å²) in [5.41, 5.74) is 7.87. The lowest BCUT2D eigenvalue weighted by Crippen LogP contribution is -2.39. The van der Waals surface area contributed by atoms with Crippen molar-refractivity contribution in [1.82, 2.24) is 10.9 Å². The molecule has 3 N–H and O–H groups in total. The lowest BCUT2D eigenvalue weighted by molar-refractivity contribution is -0.117. The van der Waals surface area contributed by atoms with Gasteiger partial charge in [0.15, 0.2) is 0 Å². The maximum absolute atomic E-state index is 12.6. The molecule has 24 heavy (non-hydrogen) atoms. The Balaban J connectivity index is 1.57. The van der Waals surface area contributed by atoms with Crippen molar-refractivity contribution in [2.75, 3.05) is 5.32 Å². The highest BCUT2D eigenvalue weighted by atomic mass is 32.2. The van der Waals surface area contributed by atoms with Crippen LogP contribution in [0.2, 0.25) is 0 Å². The van der Waals surface area contributed by atoms with E-state index in [1.54, 1.807) is 0 Å². The van der Waals surface area contributed by atoms with E-state index in [1.807, 2.05) is 31.2 Å². The number of hydrogen-bond acceptors (Lipinski definition) is 4. The SMILES string of the molecule is CC1CC(C(=O)Nc2cccc(CS(=O)C3CCCCC3)c2)NN1. The van der Waals surface area contributed by atoms with Gasteiger partial charge in [0.05, 0.1) is 0 Å². The van der Waals surface area contributed by atoms with Crippen LogP contribution < -0.4 is 16.2 Å². The Kier molecular flexibility index (Phi) is 6.03. The number of hydrogen-bond donors (Lipinski definition) is 3. The summed E-state index contributed by atoms with van der Waals surface area (Å²) in [6.45, 7) is 2.04. The number of hydrazine groups is 1. The Bertz CT molecular complexity index is 568. The number of carbonyl (C=O) groups is 1. The van der Waals surface area contributed by atoms with Crippen molar-refractivity contribution in [2.45, 2.75) is 68.5 Å². The normalized spacial score (nSPS) is 26.2. The molecule has 2 fully saturated rings. The quantitative estimate of drug-likeness (QED) is 0.764. The van der Waals surface area contributed by atoms with Crippen LogP contribution in [0.3, 0.4) is 0 Å². The second kappa shape index (κ2) is 8.23. The molecule has 1 aliphatic carbocycles. The van der Waals surface area contributed by atoms with Crippen molar-refractivity contribution in [2.24, 2.45) is 0 Å². The van der Waals surface area contributed by atoms with Crippen LogP contribution in [0, 0.1) is 0 Å². The molecule has 0 bridgehead atoms. The minimum Gasteiger partial charge on any atom is -0.325 e. The summed E-state index contributed by atoms with van der Waals surface area (Å²) in [7, 11) is -0.820. The minimum atomic E-state index is -0.820. The van der Waals surface area contributed by atoms with Crippen molar-refractivity contribution >= 4 is 22.4 Å². The zero-order valence-electron chi connectivity index (χ0n) is 14.2. The molecule has 3 atom stereocenters. The van der Waals surface area contributed by atoms with E-state index in [-0.39, 0.29) is 11.9 Å². The summed E-state index contributed by atoms with van der Waals surface area (Å²) in [6, 6.07) is 7.84. The highest BCUT2D eigenvalue weighted by Crippen LogP contribution is 2.24. The van der Waals surface area contributed by atoms with Crippen molar-refractivity contribution in [1.29, 1.82) is 0 Å². The Hall–Kier alpha value is -1.24. The van der Waals surface area contributed by atoms with Gasteiger partial charge in [-0.15, -0.1) is 0 Å². The molecule has 1 aromatic carbocycles. The van der Waals surface area contributed by atoms with Gasteiger partial charge in [0.25, 0.3) is 0 Å². The fourth-order valence-corrected chi connectivity index (χ4v) is 5.07. The molecule has 6 heteroatoms.